The number of nitrogens with one attached hydrogen (secondary N) is 1. The van der Waals surface area contributed by atoms with Crippen molar-refractivity contribution >= 4 is 34.0 Å². The molecule has 1 aromatic heterocycles. The summed E-state index contributed by atoms with van der Waals surface area (Å²) in [5.74, 6) is 1.72. The molecule has 0 spiro atoms. The summed E-state index contributed by atoms with van der Waals surface area (Å²) < 4.78 is 16.7. The smallest absolute Gasteiger partial charge is 0.264 e. The van der Waals surface area contributed by atoms with Crippen molar-refractivity contribution in [2.45, 2.75) is 13.8 Å². The van der Waals surface area contributed by atoms with Gasteiger partial charge in [-0.15, -0.1) is 11.3 Å². The van der Waals surface area contributed by atoms with Crippen molar-refractivity contribution in [2.24, 2.45) is 0 Å². The van der Waals surface area contributed by atoms with Gasteiger partial charge >= 0.3 is 0 Å². The molecule has 6 nitrogen and oxygen atoms in total. The number of thiazole rings is 1. The summed E-state index contributed by atoms with van der Waals surface area (Å²) in [6.45, 7) is 4.84. The second-order valence-electron chi connectivity index (χ2n) is 5.85. The van der Waals surface area contributed by atoms with Gasteiger partial charge in [0.15, 0.2) is 11.7 Å². The van der Waals surface area contributed by atoms with Gasteiger partial charge in [-0.25, -0.2) is 4.98 Å². The minimum Gasteiger partial charge on any atom is -0.494 e. The van der Waals surface area contributed by atoms with Gasteiger partial charge in [0.05, 0.1) is 18.9 Å². The number of benzene rings is 2. The van der Waals surface area contributed by atoms with E-state index in [1.54, 1.807) is 24.3 Å². The number of carbonyl (C=O) groups excluding carboxylic acids is 1. The SMILES string of the molecule is CCOc1ccc(OCC)c(-c2csc(NC(=O)COc3ccc(Cl)cc3)n2)c1. The lowest BCUT2D eigenvalue weighted by molar-refractivity contribution is -0.118. The first-order valence-electron chi connectivity index (χ1n) is 9.12. The van der Waals surface area contributed by atoms with Crippen LogP contribution in [0.15, 0.2) is 47.8 Å². The fourth-order valence-electron chi connectivity index (χ4n) is 2.54. The highest BCUT2D eigenvalue weighted by Crippen LogP contribution is 2.35. The Morgan fingerprint density at radius 1 is 1.03 bits per heavy atom. The van der Waals surface area contributed by atoms with Gasteiger partial charge in [-0.05, 0) is 56.3 Å². The molecule has 1 N–H and O–H groups in total. The zero-order chi connectivity index (χ0) is 20.6. The molecule has 0 aliphatic rings. The van der Waals surface area contributed by atoms with Gasteiger partial charge in [-0.3, -0.25) is 10.1 Å². The van der Waals surface area contributed by atoms with E-state index < -0.39 is 0 Å². The van der Waals surface area contributed by atoms with Gasteiger partial charge in [0.25, 0.3) is 5.91 Å². The molecule has 3 aromatic rings. The normalized spacial score (nSPS) is 10.4. The lowest BCUT2D eigenvalue weighted by Crippen LogP contribution is -2.20. The molecule has 0 unspecified atom stereocenters. The molecule has 1 heterocycles. The predicted octanol–water partition coefficient (Wildman–Crippen LogP) is 5.28. The lowest BCUT2D eigenvalue weighted by atomic mass is 10.1. The molecular weight excluding hydrogens is 412 g/mol. The number of aromatic nitrogens is 1. The van der Waals surface area contributed by atoms with E-state index in [-0.39, 0.29) is 12.5 Å². The van der Waals surface area contributed by atoms with E-state index >= 15 is 0 Å². The van der Waals surface area contributed by atoms with Crippen molar-refractivity contribution in [3.05, 3.63) is 52.9 Å². The molecule has 0 fully saturated rings. The third kappa shape index (κ3) is 5.85. The molecule has 0 aliphatic carbocycles. The van der Waals surface area contributed by atoms with Crippen molar-refractivity contribution < 1.29 is 19.0 Å². The highest BCUT2D eigenvalue weighted by atomic mass is 35.5. The minimum atomic E-state index is -0.297. The van der Waals surface area contributed by atoms with Gasteiger partial charge in [-0.2, -0.15) is 0 Å². The van der Waals surface area contributed by atoms with Crippen LogP contribution in [-0.2, 0) is 4.79 Å². The molecule has 0 saturated carbocycles. The first kappa shape index (κ1) is 21.0. The number of anilines is 1. The maximum atomic E-state index is 12.2. The standard InChI is InChI=1S/C21H21ClN2O4S/c1-3-26-16-9-10-19(27-4-2)17(11-16)18-13-29-21(23-18)24-20(25)12-28-15-7-5-14(22)6-8-15/h5-11,13H,3-4,12H2,1-2H3,(H,23,24,25). The molecule has 1 amide bonds. The molecule has 0 aliphatic heterocycles. The van der Waals surface area contributed by atoms with Crippen LogP contribution in [-0.4, -0.2) is 30.7 Å². The number of nitrogens with zero attached hydrogens (tertiary/aromatic N) is 1. The molecule has 8 heteroatoms. The Labute approximate surface area is 178 Å². The van der Waals surface area contributed by atoms with Gasteiger partial charge in [0.2, 0.25) is 0 Å². The molecule has 152 valence electrons. The van der Waals surface area contributed by atoms with E-state index in [0.717, 1.165) is 11.3 Å². The average Bonchev–Trinajstić information content (AvgIpc) is 3.17. The average molecular weight is 433 g/mol. The van der Waals surface area contributed by atoms with Crippen LogP contribution in [0.5, 0.6) is 17.2 Å². The van der Waals surface area contributed by atoms with Crippen LogP contribution in [0.1, 0.15) is 13.8 Å². The van der Waals surface area contributed by atoms with Gasteiger partial charge in [0.1, 0.15) is 17.2 Å². The van der Waals surface area contributed by atoms with E-state index in [9.17, 15) is 4.79 Å². The summed E-state index contributed by atoms with van der Waals surface area (Å²) in [5.41, 5.74) is 1.51. The second-order valence-corrected chi connectivity index (χ2v) is 7.15. The zero-order valence-corrected chi connectivity index (χ0v) is 17.7. The summed E-state index contributed by atoms with van der Waals surface area (Å²) in [6.07, 6.45) is 0. The van der Waals surface area contributed by atoms with Gasteiger partial charge in [0, 0.05) is 16.0 Å². The number of carbonyl (C=O) groups is 1. The summed E-state index contributed by atoms with van der Waals surface area (Å²) in [5, 5.41) is 5.70. The quantitative estimate of drug-likeness (QED) is 0.498. The monoisotopic (exact) mass is 432 g/mol. The Hall–Kier alpha value is -2.77. The lowest BCUT2D eigenvalue weighted by Gasteiger charge is -2.11. The van der Waals surface area contributed by atoms with Crippen molar-refractivity contribution in [3.8, 4) is 28.5 Å². The number of halogens is 1. The van der Waals surface area contributed by atoms with Crippen LogP contribution in [0.3, 0.4) is 0 Å². The summed E-state index contributed by atoms with van der Waals surface area (Å²) >= 11 is 7.16. The molecule has 0 atom stereocenters. The topological polar surface area (TPSA) is 69.7 Å². The third-order valence-corrected chi connectivity index (χ3v) is 4.78. The van der Waals surface area contributed by atoms with Gasteiger partial charge in [-0.1, -0.05) is 11.6 Å². The Kier molecular flexibility index (Phi) is 7.32. The Morgan fingerprint density at radius 3 is 2.48 bits per heavy atom. The van der Waals surface area contributed by atoms with E-state index in [2.05, 4.69) is 10.3 Å². The second kappa shape index (κ2) is 10.1. The van der Waals surface area contributed by atoms with Crippen molar-refractivity contribution in [3.63, 3.8) is 0 Å². The van der Waals surface area contributed by atoms with E-state index in [1.165, 1.54) is 11.3 Å². The largest absolute Gasteiger partial charge is 0.494 e. The number of hydrogen-bond acceptors (Lipinski definition) is 6. The predicted molar refractivity (Wildman–Crippen MR) is 115 cm³/mol. The molecule has 3 rings (SSSR count). The highest BCUT2D eigenvalue weighted by Gasteiger charge is 2.14. The van der Waals surface area contributed by atoms with Crippen molar-refractivity contribution in [1.29, 1.82) is 0 Å². The molecule has 0 radical (unpaired) electrons. The molecule has 2 aromatic carbocycles. The summed E-state index contributed by atoms with van der Waals surface area (Å²) in [4.78, 5) is 16.7. The third-order valence-electron chi connectivity index (χ3n) is 3.77. The van der Waals surface area contributed by atoms with E-state index in [0.29, 0.717) is 40.6 Å². The highest BCUT2D eigenvalue weighted by molar-refractivity contribution is 7.14. The van der Waals surface area contributed by atoms with E-state index in [1.807, 2.05) is 37.4 Å². The first-order valence-corrected chi connectivity index (χ1v) is 10.4. The fourth-order valence-corrected chi connectivity index (χ4v) is 3.39. The number of amides is 1. The molecule has 29 heavy (non-hydrogen) atoms. The minimum absolute atomic E-state index is 0.124. The van der Waals surface area contributed by atoms with Crippen molar-refractivity contribution in [1.82, 2.24) is 4.98 Å². The zero-order valence-electron chi connectivity index (χ0n) is 16.1. The van der Waals surface area contributed by atoms with Crippen LogP contribution >= 0.6 is 22.9 Å². The molecule has 0 saturated heterocycles. The fraction of sp³-hybridized carbons (Fsp3) is 0.238. The number of hydrogen-bond donors (Lipinski definition) is 1. The Bertz CT molecular complexity index is 960. The Balaban J connectivity index is 1.67. The Morgan fingerprint density at radius 2 is 1.76 bits per heavy atom. The number of rotatable bonds is 9. The maximum Gasteiger partial charge on any atom is 0.264 e. The van der Waals surface area contributed by atoms with Crippen LogP contribution in [0, 0.1) is 0 Å². The van der Waals surface area contributed by atoms with Gasteiger partial charge < -0.3 is 14.2 Å². The van der Waals surface area contributed by atoms with Crippen molar-refractivity contribution in [2.75, 3.05) is 25.1 Å². The van der Waals surface area contributed by atoms with Crippen LogP contribution in [0.2, 0.25) is 5.02 Å². The first-order chi connectivity index (χ1) is 14.1. The molecule has 0 bridgehead atoms. The molecular formula is C21H21ClN2O4S. The van der Waals surface area contributed by atoms with Crippen LogP contribution in [0.25, 0.3) is 11.3 Å². The summed E-state index contributed by atoms with van der Waals surface area (Å²) in [7, 11) is 0. The maximum absolute atomic E-state index is 12.2. The van der Waals surface area contributed by atoms with Crippen LogP contribution in [0.4, 0.5) is 5.13 Å². The van der Waals surface area contributed by atoms with E-state index in [4.69, 9.17) is 25.8 Å². The number of ether oxygens (including phenoxy) is 3. The summed E-state index contributed by atoms with van der Waals surface area (Å²) in [6, 6.07) is 12.4. The van der Waals surface area contributed by atoms with Crippen LogP contribution < -0.4 is 19.5 Å².